The molecule has 0 aliphatic carbocycles. The van der Waals surface area contributed by atoms with Crippen LogP contribution >= 0.6 is 11.8 Å². The standard InChI is InChI=1S/C15H24N4OS/c1-4-7-12-10-13(20)19-14(18-12)21-9-6-5-8-15(2,11-16)17-3/h10,17H,4-9H2,1-3H3,(H,18,19,20). The second-order valence-electron chi connectivity index (χ2n) is 5.29. The molecular formula is C15H24N4OS. The van der Waals surface area contributed by atoms with E-state index in [0.717, 1.165) is 43.6 Å². The molecule has 1 aromatic rings. The van der Waals surface area contributed by atoms with Crippen LogP contribution in [0.4, 0.5) is 0 Å². The van der Waals surface area contributed by atoms with Gasteiger partial charge in [-0.05, 0) is 39.7 Å². The molecule has 0 spiro atoms. The van der Waals surface area contributed by atoms with Crippen LogP contribution in [-0.2, 0) is 6.42 Å². The zero-order valence-corrected chi connectivity index (χ0v) is 13.8. The maximum Gasteiger partial charge on any atom is 0.251 e. The van der Waals surface area contributed by atoms with Gasteiger partial charge in [-0.25, -0.2) is 4.98 Å². The summed E-state index contributed by atoms with van der Waals surface area (Å²) in [7, 11) is 1.81. The molecule has 0 bridgehead atoms. The van der Waals surface area contributed by atoms with E-state index < -0.39 is 5.54 Å². The summed E-state index contributed by atoms with van der Waals surface area (Å²) in [5.41, 5.74) is 0.331. The maximum absolute atomic E-state index is 11.5. The molecule has 0 saturated heterocycles. The van der Waals surface area contributed by atoms with E-state index in [9.17, 15) is 4.79 Å². The molecule has 1 aromatic heterocycles. The quantitative estimate of drug-likeness (QED) is 0.416. The summed E-state index contributed by atoms with van der Waals surface area (Å²) in [5.74, 6) is 0.893. The van der Waals surface area contributed by atoms with E-state index in [2.05, 4.69) is 28.3 Å². The summed E-state index contributed by atoms with van der Waals surface area (Å²) < 4.78 is 0. The van der Waals surface area contributed by atoms with Crippen LogP contribution < -0.4 is 10.9 Å². The predicted octanol–water partition coefficient (Wildman–Crippen LogP) is 2.49. The van der Waals surface area contributed by atoms with E-state index in [1.165, 1.54) is 0 Å². The van der Waals surface area contributed by atoms with Crippen LogP contribution in [0.15, 0.2) is 16.0 Å². The number of aryl methyl sites for hydroxylation is 1. The van der Waals surface area contributed by atoms with Gasteiger partial charge >= 0.3 is 0 Å². The van der Waals surface area contributed by atoms with Crippen molar-refractivity contribution < 1.29 is 0 Å². The number of nitrogens with zero attached hydrogens (tertiary/aromatic N) is 2. The first kappa shape index (κ1) is 17.7. The number of nitrogens with one attached hydrogen (secondary N) is 2. The van der Waals surface area contributed by atoms with E-state index in [0.29, 0.717) is 5.16 Å². The van der Waals surface area contributed by atoms with Gasteiger partial charge < -0.3 is 10.3 Å². The lowest BCUT2D eigenvalue weighted by atomic mass is 9.97. The topological polar surface area (TPSA) is 81.6 Å². The molecule has 1 rings (SSSR count). The van der Waals surface area contributed by atoms with Crippen LogP contribution in [0.25, 0.3) is 0 Å². The summed E-state index contributed by atoms with van der Waals surface area (Å²) >= 11 is 1.57. The van der Waals surface area contributed by atoms with Crippen LogP contribution in [0, 0.1) is 11.3 Å². The van der Waals surface area contributed by atoms with E-state index in [4.69, 9.17) is 5.26 Å². The lowest BCUT2D eigenvalue weighted by molar-refractivity contribution is 0.439. The van der Waals surface area contributed by atoms with Gasteiger partial charge in [0.25, 0.3) is 5.56 Å². The Hall–Kier alpha value is -1.32. The molecule has 0 aliphatic rings. The van der Waals surface area contributed by atoms with E-state index >= 15 is 0 Å². The Bertz CT molecular complexity index is 537. The van der Waals surface area contributed by atoms with Crippen molar-refractivity contribution in [2.75, 3.05) is 12.8 Å². The number of aromatic nitrogens is 2. The average Bonchev–Trinajstić information content (AvgIpc) is 2.46. The first-order valence-corrected chi connectivity index (χ1v) is 8.34. The summed E-state index contributed by atoms with van der Waals surface area (Å²) in [5, 5.41) is 12.8. The SMILES string of the molecule is CCCc1cc(=O)[nH]c(SCCCCC(C)(C#N)NC)n1. The van der Waals surface area contributed by atoms with Gasteiger partial charge in [-0.3, -0.25) is 4.79 Å². The van der Waals surface area contributed by atoms with Gasteiger partial charge in [0.1, 0.15) is 5.54 Å². The summed E-state index contributed by atoms with van der Waals surface area (Å²) in [6.45, 7) is 3.98. The minimum Gasteiger partial charge on any atom is -0.303 e. The zero-order valence-electron chi connectivity index (χ0n) is 13.0. The first-order chi connectivity index (χ1) is 10.0. The van der Waals surface area contributed by atoms with E-state index in [-0.39, 0.29) is 5.56 Å². The Labute approximate surface area is 130 Å². The average molecular weight is 308 g/mol. The molecule has 0 fully saturated rings. The fraction of sp³-hybridized carbons (Fsp3) is 0.667. The maximum atomic E-state index is 11.5. The summed E-state index contributed by atoms with van der Waals surface area (Å²) in [6, 6.07) is 3.86. The third-order valence-corrected chi connectivity index (χ3v) is 4.35. The first-order valence-electron chi connectivity index (χ1n) is 7.36. The number of rotatable bonds is 9. The van der Waals surface area contributed by atoms with Crippen molar-refractivity contribution in [2.45, 2.75) is 56.6 Å². The van der Waals surface area contributed by atoms with Gasteiger partial charge in [-0.2, -0.15) is 5.26 Å². The van der Waals surface area contributed by atoms with Gasteiger partial charge in [0.05, 0.1) is 6.07 Å². The molecule has 6 heteroatoms. The van der Waals surface area contributed by atoms with Crippen molar-refractivity contribution in [1.82, 2.24) is 15.3 Å². The van der Waals surface area contributed by atoms with Crippen molar-refractivity contribution in [1.29, 1.82) is 5.26 Å². The molecule has 0 amide bonds. The minimum atomic E-state index is -0.446. The highest BCUT2D eigenvalue weighted by Gasteiger charge is 2.19. The molecule has 1 unspecified atom stereocenters. The molecule has 0 saturated carbocycles. The summed E-state index contributed by atoms with van der Waals surface area (Å²) in [6.07, 6.45) is 4.60. The van der Waals surface area contributed by atoms with Crippen LogP contribution in [0.5, 0.6) is 0 Å². The number of aromatic amines is 1. The van der Waals surface area contributed by atoms with Crippen molar-refractivity contribution >= 4 is 11.8 Å². The van der Waals surface area contributed by atoms with Crippen molar-refractivity contribution in [3.8, 4) is 6.07 Å². The number of hydrogen-bond acceptors (Lipinski definition) is 5. The number of unbranched alkanes of at least 4 members (excludes halogenated alkanes) is 1. The Balaban J connectivity index is 2.40. The zero-order chi connectivity index (χ0) is 15.7. The highest BCUT2D eigenvalue weighted by molar-refractivity contribution is 7.99. The van der Waals surface area contributed by atoms with Crippen molar-refractivity contribution in [3.63, 3.8) is 0 Å². The third kappa shape index (κ3) is 6.32. The largest absolute Gasteiger partial charge is 0.303 e. The Morgan fingerprint density at radius 3 is 2.90 bits per heavy atom. The molecule has 21 heavy (non-hydrogen) atoms. The second kappa shape index (κ2) is 8.85. The third-order valence-electron chi connectivity index (χ3n) is 3.39. The van der Waals surface area contributed by atoms with E-state index in [1.54, 1.807) is 17.8 Å². The highest BCUT2D eigenvalue weighted by atomic mass is 32.2. The van der Waals surface area contributed by atoms with Crippen LogP contribution in [0.3, 0.4) is 0 Å². The molecule has 1 atom stereocenters. The molecule has 1 heterocycles. The lowest BCUT2D eigenvalue weighted by Gasteiger charge is -2.20. The number of hydrogen-bond donors (Lipinski definition) is 2. The highest BCUT2D eigenvalue weighted by Crippen LogP contribution is 2.17. The van der Waals surface area contributed by atoms with Crippen LogP contribution in [-0.4, -0.2) is 28.3 Å². The fourth-order valence-electron chi connectivity index (χ4n) is 1.92. The molecule has 116 valence electrons. The molecule has 0 aliphatic heterocycles. The number of nitriles is 1. The van der Waals surface area contributed by atoms with Gasteiger partial charge in [0.2, 0.25) is 0 Å². The van der Waals surface area contributed by atoms with Crippen LogP contribution in [0.2, 0.25) is 0 Å². The normalized spacial score (nSPS) is 13.6. The van der Waals surface area contributed by atoms with Gasteiger partial charge in [-0.1, -0.05) is 25.1 Å². The monoisotopic (exact) mass is 308 g/mol. The molecular weight excluding hydrogens is 284 g/mol. The van der Waals surface area contributed by atoms with Crippen molar-refractivity contribution in [2.24, 2.45) is 0 Å². The predicted molar refractivity (Wildman–Crippen MR) is 86.5 cm³/mol. The number of H-pyrrole nitrogens is 1. The Kier molecular flexibility index (Phi) is 7.48. The summed E-state index contributed by atoms with van der Waals surface area (Å²) in [4.78, 5) is 18.7. The molecule has 0 radical (unpaired) electrons. The van der Waals surface area contributed by atoms with Gasteiger partial charge in [-0.15, -0.1) is 0 Å². The Morgan fingerprint density at radius 1 is 1.52 bits per heavy atom. The second-order valence-corrected chi connectivity index (χ2v) is 6.37. The molecule has 2 N–H and O–H groups in total. The molecule has 5 nitrogen and oxygen atoms in total. The van der Waals surface area contributed by atoms with Crippen LogP contribution in [0.1, 0.15) is 45.2 Å². The fourth-order valence-corrected chi connectivity index (χ4v) is 2.82. The minimum absolute atomic E-state index is 0.0804. The molecule has 0 aromatic carbocycles. The number of thioether (sulfide) groups is 1. The lowest BCUT2D eigenvalue weighted by Crippen LogP contribution is -2.37. The van der Waals surface area contributed by atoms with Gasteiger partial charge in [0, 0.05) is 17.5 Å². The van der Waals surface area contributed by atoms with E-state index in [1.807, 2.05) is 14.0 Å². The van der Waals surface area contributed by atoms with Gasteiger partial charge in [0.15, 0.2) is 5.16 Å². The Morgan fingerprint density at radius 2 is 2.29 bits per heavy atom. The van der Waals surface area contributed by atoms with Crippen molar-refractivity contribution in [3.05, 3.63) is 22.1 Å². The smallest absolute Gasteiger partial charge is 0.251 e.